The first-order valence-corrected chi connectivity index (χ1v) is 11.0. The molecule has 3 aromatic rings. The fraction of sp³-hybridized carbons (Fsp3) is 0.292. The van der Waals surface area contributed by atoms with Crippen molar-refractivity contribution in [3.8, 4) is 11.1 Å². The van der Waals surface area contributed by atoms with Crippen molar-refractivity contribution in [2.24, 2.45) is 0 Å². The van der Waals surface area contributed by atoms with Gasteiger partial charge in [-0.15, -0.1) is 0 Å². The van der Waals surface area contributed by atoms with Crippen LogP contribution in [0.1, 0.15) is 23.2 Å². The van der Waals surface area contributed by atoms with E-state index in [2.05, 4.69) is 11.6 Å². The van der Waals surface area contributed by atoms with Crippen LogP contribution in [0.25, 0.3) is 28.4 Å². The van der Waals surface area contributed by atoms with Crippen molar-refractivity contribution in [2.75, 3.05) is 26.2 Å². The lowest BCUT2D eigenvalue weighted by atomic mass is 10.0. The normalized spacial score (nSPS) is 17.4. The van der Waals surface area contributed by atoms with Gasteiger partial charge < -0.3 is 19.5 Å². The molecule has 1 aromatic heterocycles. The maximum absolute atomic E-state index is 13.0. The highest BCUT2D eigenvalue weighted by molar-refractivity contribution is 6.33. The molecular formula is C24H23ClN4O3. The minimum absolute atomic E-state index is 0.115. The Hall–Kier alpha value is -3.16. The Morgan fingerprint density at radius 1 is 1.06 bits per heavy atom. The first kappa shape index (κ1) is 20.7. The SMILES string of the molecule is C=Cn1cnc2cc(-c3ccc(C(=O)N4CCN(C(=O)C5(O)CC5)CC4)cc3Cl)ccc21. The van der Waals surface area contributed by atoms with Crippen LogP contribution in [0.5, 0.6) is 0 Å². The van der Waals surface area contributed by atoms with E-state index in [1.54, 1.807) is 34.5 Å². The number of aliphatic hydroxyl groups is 1. The van der Waals surface area contributed by atoms with E-state index >= 15 is 0 Å². The zero-order valence-corrected chi connectivity index (χ0v) is 18.3. The molecule has 2 heterocycles. The molecule has 0 spiro atoms. The first-order valence-electron chi connectivity index (χ1n) is 10.6. The molecule has 0 bridgehead atoms. The van der Waals surface area contributed by atoms with Crippen molar-refractivity contribution in [1.29, 1.82) is 0 Å². The number of fused-ring (bicyclic) bond motifs is 1. The van der Waals surface area contributed by atoms with E-state index in [0.29, 0.717) is 49.6 Å². The fourth-order valence-corrected chi connectivity index (χ4v) is 4.44. The van der Waals surface area contributed by atoms with Crippen molar-refractivity contribution < 1.29 is 14.7 Å². The highest BCUT2D eigenvalue weighted by atomic mass is 35.5. The molecule has 0 unspecified atom stereocenters. The predicted molar refractivity (Wildman–Crippen MR) is 123 cm³/mol. The molecule has 1 aliphatic carbocycles. The van der Waals surface area contributed by atoms with Crippen LogP contribution in [-0.2, 0) is 4.79 Å². The maximum Gasteiger partial charge on any atom is 0.254 e. The fourth-order valence-electron chi connectivity index (χ4n) is 4.15. The van der Waals surface area contributed by atoms with Gasteiger partial charge in [-0.25, -0.2) is 4.98 Å². The van der Waals surface area contributed by atoms with Gasteiger partial charge in [-0.2, -0.15) is 0 Å². The number of hydrogen-bond donors (Lipinski definition) is 1. The molecule has 164 valence electrons. The minimum atomic E-state index is -1.16. The number of rotatable bonds is 4. The Kier molecular flexibility index (Phi) is 5.03. The Morgan fingerprint density at radius 2 is 1.78 bits per heavy atom. The van der Waals surface area contributed by atoms with Crippen LogP contribution in [0.4, 0.5) is 0 Å². The second-order valence-electron chi connectivity index (χ2n) is 8.35. The number of amides is 2. The third-order valence-electron chi connectivity index (χ3n) is 6.27. The number of halogens is 1. The summed E-state index contributed by atoms with van der Waals surface area (Å²) in [4.78, 5) is 33.0. The Labute approximate surface area is 190 Å². The van der Waals surface area contributed by atoms with Crippen molar-refractivity contribution in [1.82, 2.24) is 19.4 Å². The van der Waals surface area contributed by atoms with Gasteiger partial charge in [-0.1, -0.05) is 30.3 Å². The number of carbonyl (C=O) groups is 2. The van der Waals surface area contributed by atoms with Crippen molar-refractivity contribution in [3.63, 3.8) is 0 Å². The lowest BCUT2D eigenvalue weighted by molar-refractivity contribution is -0.143. The predicted octanol–water partition coefficient (Wildman–Crippen LogP) is 3.27. The average molecular weight is 451 g/mol. The zero-order chi connectivity index (χ0) is 22.5. The van der Waals surface area contributed by atoms with Crippen LogP contribution in [0.15, 0.2) is 49.3 Å². The smallest absolute Gasteiger partial charge is 0.254 e. The third-order valence-corrected chi connectivity index (χ3v) is 6.59. The summed E-state index contributed by atoms with van der Waals surface area (Å²) in [5.41, 5.74) is 2.88. The molecule has 2 fully saturated rings. The topological polar surface area (TPSA) is 78.7 Å². The molecule has 7 nitrogen and oxygen atoms in total. The Morgan fingerprint density at radius 3 is 2.44 bits per heavy atom. The quantitative estimate of drug-likeness (QED) is 0.661. The van der Waals surface area contributed by atoms with Crippen molar-refractivity contribution in [3.05, 3.63) is 59.9 Å². The monoisotopic (exact) mass is 450 g/mol. The molecule has 0 atom stereocenters. The lowest BCUT2D eigenvalue weighted by Gasteiger charge is -2.35. The number of carbonyl (C=O) groups excluding carboxylic acids is 2. The second-order valence-corrected chi connectivity index (χ2v) is 8.76. The Balaban J connectivity index is 1.30. The molecule has 32 heavy (non-hydrogen) atoms. The zero-order valence-electron chi connectivity index (χ0n) is 17.5. The van der Waals surface area contributed by atoms with E-state index in [1.165, 1.54) is 0 Å². The average Bonchev–Trinajstić information content (AvgIpc) is 3.44. The van der Waals surface area contributed by atoms with Gasteiger partial charge in [0.05, 0.1) is 17.4 Å². The summed E-state index contributed by atoms with van der Waals surface area (Å²) < 4.78 is 1.85. The van der Waals surface area contributed by atoms with Crippen molar-refractivity contribution >= 4 is 40.6 Å². The lowest BCUT2D eigenvalue weighted by Crippen LogP contribution is -2.53. The van der Waals surface area contributed by atoms with E-state index in [1.807, 2.05) is 28.8 Å². The number of imidazole rings is 1. The highest BCUT2D eigenvalue weighted by Gasteiger charge is 2.50. The summed E-state index contributed by atoms with van der Waals surface area (Å²) in [7, 11) is 0. The molecule has 2 aliphatic rings. The van der Waals surface area contributed by atoms with Gasteiger partial charge in [-0.05, 0) is 42.7 Å². The van der Waals surface area contributed by atoms with Gasteiger partial charge in [0.1, 0.15) is 5.60 Å². The van der Waals surface area contributed by atoms with Crippen LogP contribution in [0.3, 0.4) is 0 Å². The maximum atomic E-state index is 13.0. The largest absolute Gasteiger partial charge is 0.380 e. The van der Waals surface area contributed by atoms with Gasteiger partial charge in [0, 0.05) is 48.5 Å². The van der Waals surface area contributed by atoms with Gasteiger partial charge >= 0.3 is 0 Å². The molecule has 1 aliphatic heterocycles. The highest BCUT2D eigenvalue weighted by Crippen LogP contribution is 2.37. The van der Waals surface area contributed by atoms with Crippen LogP contribution in [0, 0.1) is 0 Å². The van der Waals surface area contributed by atoms with E-state index in [9.17, 15) is 14.7 Å². The minimum Gasteiger partial charge on any atom is -0.380 e. The molecule has 5 rings (SSSR count). The van der Waals surface area contributed by atoms with Crippen LogP contribution >= 0.6 is 11.6 Å². The van der Waals surface area contributed by atoms with Gasteiger partial charge in [0.25, 0.3) is 11.8 Å². The molecule has 2 aromatic carbocycles. The second kappa shape index (κ2) is 7.76. The van der Waals surface area contributed by atoms with Crippen LogP contribution in [-0.4, -0.2) is 68.1 Å². The summed E-state index contributed by atoms with van der Waals surface area (Å²) in [6.45, 7) is 5.49. The molecule has 2 amide bonds. The number of nitrogens with zero attached hydrogens (tertiary/aromatic N) is 4. The summed E-state index contributed by atoms with van der Waals surface area (Å²) in [6, 6.07) is 11.2. The summed E-state index contributed by atoms with van der Waals surface area (Å²) >= 11 is 6.56. The van der Waals surface area contributed by atoms with E-state index in [0.717, 1.165) is 22.2 Å². The number of aromatic nitrogens is 2. The molecule has 0 radical (unpaired) electrons. The molecule has 8 heteroatoms. The summed E-state index contributed by atoms with van der Waals surface area (Å²) in [5.74, 6) is -0.331. The van der Waals surface area contributed by atoms with Crippen LogP contribution < -0.4 is 0 Å². The van der Waals surface area contributed by atoms with Gasteiger partial charge in [0.2, 0.25) is 0 Å². The number of piperazine rings is 1. The number of benzene rings is 2. The van der Waals surface area contributed by atoms with E-state index < -0.39 is 5.60 Å². The number of hydrogen-bond acceptors (Lipinski definition) is 4. The van der Waals surface area contributed by atoms with Gasteiger partial charge in [0.15, 0.2) is 0 Å². The Bertz CT molecular complexity index is 1240. The third kappa shape index (κ3) is 3.57. The summed E-state index contributed by atoms with van der Waals surface area (Å²) in [6.07, 6.45) is 4.47. The molecular weight excluding hydrogens is 428 g/mol. The van der Waals surface area contributed by atoms with E-state index in [4.69, 9.17) is 11.6 Å². The standard InChI is InChI=1S/C24H23ClN4O3/c1-2-27-15-26-20-14-16(4-6-21(20)27)18-5-3-17(13-19(18)25)22(30)28-9-11-29(12-10-28)23(31)24(32)7-8-24/h2-6,13-15,32H,1,7-12H2. The van der Waals surface area contributed by atoms with Crippen molar-refractivity contribution in [2.45, 2.75) is 18.4 Å². The van der Waals surface area contributed by atoms with E-state index in [-0.39, 0.29) is 11.8 Å². The molecule has 1 N–H and O–H groups in total. The van der Waals surface area contributed by atoms with Crippen LogP contribution in [0.2, 0.25) is 5.02 Å². The summed E-state index contributed by atoms with van der Waals surface area (Å²) in [5, 5.41) is 10.5. The van der Waals surface area contributed by atoms with Gasteiger partial charge in [-0.3, -0.25) is 9.59 Å². The molecule has 1 saturated heterocycles. The first-order chi connectivity index (χ1) is 15.4. The molecule has 1 saturated carbocycles.